The maximum absolute atomic E-state index is 9.27. The predicted molar refractivity (Wildman–Crippen MR) is 65.6 cm³/mol. The number of rotatable bonds is 4. The van der Waals surface area contributed by atoms with Gasteiger partial charge in [0.1, 0.15) is 0 Å². The topological polar surface area (TPSA) is 62.4 Å². The molecule has 1 aromatic heterocycles. The van der Waals surface area contributed by atoms with Crippen molar-refractivity contribution in [1.29, 1.82) is 0 Å². The van der Waals surface area contributed by atoms with Crippen molar-refractivity contribution in [2.24, 2.45) is 0 Å². The van der Waals surface area contributed by atoms with Crippen LogP contribution >= 0.6 is 0 Å². The molecule has 0 unspecified atom stereocenters. The third-order valence-electron chi connectivity index (χ3n) is 2.93. The van der Waals surface area contributed by atoms with Crippen molar-refractivity contribution in [3.05, 3.63) is 11.7 Å². The Morgan fingerprint density at radius 1 is 1.24 bits per heavy atom. The predicted octanol–water partition coefficient (Wildman–Crippen LogP) is 1.57. The van der Waals surface area contributed by atoms with E-state index in [4.69, 9.17) is 4.52 Å². The van der Waals surface area contributed by atoms with Crippen molar-refractivity contribution < 1.29 is 9.63 Å². The summed E-state index contributed by atoms with van der Waals surface area (Å²) in [7, 11) is 1.93. The molecule has 0 aliphatic carbocycles. The molecule has 5 nitrogen and oxygen atoms in total. The smallest absolute Gasteiger partial charge is 0.240 e. The maximum Gasteiger partial charge on any atom is 0.240 e. The lowest BCUT2D eigenvalue weighted by molar-refractivity contribution is 0.0652. The Balaban J connectivity index is 2.74. The van der Waals surface area contributed by atoms with Gasteiger partial charge in [-0.1, -0.05) is 25.9 Å². The molecule has 98 valence electrons. The molecule has 1 N–H and O–H groups in total. The number of aliphatic hydroxyl groups excluding tert-OH is 1. The number of aliphatic hydroxyl groups is 1. The van der Waals surface area contributed by atoms with Crippen LogP contribution in [0.15, 0.2) is 4.52 Å². The zero-order chi connectivity index (χ0) is 13.3. The van der Waals surface area contributed by atoms with E-state index >= 15 is 0 Å². The van der Waals surface area contributed by atoms with E-state index in [1.54, 1.807) is 0 Å². The fraction of sp³-hybridized carbons (Fsp3) is 0.833. The van der Waals surface area contributed by atoms with Gasteiger partial charge in [0.15, 0.2) is 5.82 Å². The molecule has 0 atom stereocenters. The standard InChI is InChI=1S/C12H23N3O2/c1-11(2,3)10-13-9(17-14-10)7-15(6)12(4,5)8-16/h16H,7-8H2,1-6H3. The van der Waals surface area contributed by atoms with Gasteiger partial charge in [-0.2, -0.15) is 4.98 Å². The van der Waals surface area contributed by atoms with E-state index in [2.05, 4.69) is 10.1 Å². The van der Waals surface area contributed by atoms with Gasteiger partial charge in [0.05, 0.1) is 13.2 Å². The van der Waals surface area contributed by atoms with Crippen LogP contribution in [-0.4, -0.2) is 39.3 Å². The molecule has 1 aromatic rings. The quantitative estimate of drug-likeness (QED) is 0.867. The van der Waals surface area contributed by atoms with Crippen LogP contribution in [0.2, 0.25) is 0 Å². The highest BCUT2D eigenvalue weighted by Gasteiger charge is 2.26. The minimum absolute atomic E-state index is 0.0871. The zero-order valence-corrected chi connectivity index (χ0v) is 11.6. The molecule has 17 heavy (non-hydrogen) atoms. The molecule has 0 spiro atoms. The van der Waals surface area contributed by atoms with Gasteiger partial charge in [-0.05, 0) is 20.9 Å². The van der Waals surface area contributed by atoms with E-state index < -0.39 is 0 Å². The molecule has 0 aromatic carbocycles. The van der Waals surface area contributed by atoms with Gasteiger partial charge >= 0.3 is 0 Å². The summed E-state index contributed by atoms with van der Waals surface area (Å²) in [6, 6.07) is 0. The third-order valence-corrected chi connectivity index (χ3v) is 2.93. The molecular weight excluding hydrogens is 218 g/mol. The van der Waals surface area contributed by atoms with Gasteiger partial charge in [-0.3, -0.25) is 4.90 Å². The lowest BCUT2D eigenvalue weighted by Crippen LogP contribution is -2.43. The molecule has 5 heteroatoms. The average Bonchev–Trinajstić information content (AvgIpc) is 2.65. The highest BCUT2D eigenvalue weighted by atomic mass is 16.5. The van der Waals surface area contributed by atoms with Crippen molar-refractivity contribution in [2.45, 2.75) is 52.1 Å². The summed E-state index contributed by atoms with van der Waals surface area (Å²) >= 11 is 0. The number of nitrogens with zero attached hydrogens (tertiary/aromatic N) is 3. The number of hydrogen-bond donors (Lipinski definition) is 1. The lowest BCUT2D eigenvalue weighted by atomic mass is 9.96. The first-order valence-electron chi connectivity index (χ1n) is 5.82. The number of aromatic nitrogens is 2. The van der Waals surface area contributed by atoms with Crippen LogP contribution in [0.5, 0.6) is 0 Å². The van der Waals surface area contributed by atoms with Crippen molar-refractivity contribution in [1.82, 2.24) is 15.0 Å². The first-order valence-corrected chi connectivity index (χ1v) is 5.82. The Bertz CT molecular complexity index is 366. The fourth-order valence-corrected chi connectivity index (χ4v) is 1.16. The van der Waals surface area contributed by atoms with E-state index in [1.165, 1.54) is 0 Å². The van der Waals surface area contributed by atoms with Crippen molar-refractivity contribution in [3.8, 4) is 0 Å². The Morgan fingerprint density at radius 2 is 1.82 bits per heavy atom. The van der Waals surface area contributed by atoms with Crippen LogP contribution in [0.3, 0.4) is 0 Å². The first-order chi connectivity index (χ1) is 7.66. The van der Waals surface area contributed by atoms with E-state index in [-0.39, 0.29) is 17.6 Å². The van der Waals surface area contributed by atoms with E-state index in [1.807, 2.05) is 46.6 Å². The van der Waals surface area contributed by atoms with Gasteiger partial charge in [-0.15, -0.1) is 0 Å². The second-order valence-corrected chi connectivity index (χ2v) is 6.09. The molecule has 0 radical (unpaired) electrons. The SMILES string of the molecule is CN(Cc1nc(C(C)(C)C)no1)C(C)(C)CO. The van der Waals surface area contributed by atoms with Crippen molar-refractivity contribution in [2.75, 3.05) is 13.7 Å². The summed E-state index contributed by atoms with van der Waals surface area (Å²) in [6.07, 6.45) is 0. The Labute approximate surface area is 103 Å². The highest BCUT2D eigenvalue weighted by molar-refractivity contribution is 5.00. The van der Waals surface area contributed by atoms with Crippen molar-refractivity contribution >= 4 is 0 Å². The summed E-state index contributed by atoms with van der Waals surface area (Å²) in [5, 5.41) is 13.2. The second kappa shape index (κ2) is 4.74. The maximum atomic E-state index is 9.27. The molecule has 1 heterocycles. The highest BCUT2D eigenvalue weighted by Crippen LogP contribution is 2.20. The largest absolute Gasteiger partial charge is 0.394 e. The normalized spacial score (nSPS) is 13.4. The van der Waals surface area contributed by atoms with Crippen LogP contribution < -0.4 is 0 Å². The molecule has 0 aliphatic rings. The molecule has 0 bridgehead atoms. The third kappa shape index (κ3) is 3.51. The summed E-state index contributed by atoms with van der Waals surface area (Å²) in [6.45, 7) is 10.7. The molecule has 0 saturated carbocycles. The summed E-state index contributed by atoms with van der Waals surface area (Å²) < 4.78 is 5.22. The van der Waals surface area contributed by atoms with Gasteiger partial charge in [-0.25, -0.2) is 0 Å². The summed E-state index contributed by atoms with van der Waals surface area (Å²) in [5.41, 5.74) is -0.400. The van der Waals surface area contributed by atoms with Crippen LogP contribution in [0.1, 0.15) is 46.3 Å². The van der Waals surface area contributed by atoms with E-state index in [9.17, 15) is 5.11 Å². The summed E-state index contributed by atoms with van der Waals surface area (Å²) in [5.74, 6) is 1.29. The molecule has 0 aliphatic heterocycles. The number of likely N-dealkylation sites (N-methyl/N-ethyl adjacent to an activating group) is 1. The van der Waals surface area contributed by atoms with Crippen LogP contribution in [-0.2, 0) is 12.0 Å². The minimum Gasteiger partial charge on any atom is -0.394 e. The summed E-state index contributed by atoms with van der Waals surface area (Å²) in [4.78, 5) is 6.36. The fourth-order valence-electron chi connectivity index (χ4n) is 1.16. The number of hydrogen-bond acceptors (Lipinski definition) is 5. The molecule has 0 fully saturated rings. The molecule has 0 saturated heterocycles. The molecular formula is C12H23N3O2. The average molecular weight is 241 g/mol. The van der Waals surface area contributed by atoms with Gasteiger partial charge in [0, 0.05) is 11.0 Å². The first kappa shape index (κ1) is 14.1. The molecule has 0 amide bonds. The Kier molecular flexibility index (Phi) is 3.94. The van der Waals surface area contributed by atoms with Crippen molar-refractivity contribution in [3.63, 3.8) is 0 Å². The van der Waals surface area contributed by atoms with Gasteiger partial charge in [0.2, 0.25) is 5.89 Å². The van der Waals surface area contributed by atoms with E-state index in [0.29, 0.717) is 18.3 Å². The Hall–Kier alpha value is -0.940. The minimum atomic E-state index is -0.295. The monoisotopic (exact) mass is 241 g/mol. The van der Waals surface area contributed by atoms with Crippen LogP contribution in [0, 0.1) is 0 Å². The van der Waals surface area contributed by atoms with Gasteiger partial charge in [0.25, 0.3) is 0 Å². The second-order valence-electron chi connectivity index (χ2n) is 6.09. The molecule has 1 rings (SSSR count). The zero-order valence-electron chi connectivity index (χ0n) is 11.6. The lowest BCUT2D eigenvalue weighted by Gasteiger charge is -2.32. The Morgan fingerprint density at radius 3 is 2.24 bits per heavy atom. The van der Waals surface area contributed by atoms with E-state index in [0.717, 1.165) is 0 Å². The van der Waals surface area contributed by atoms with Crippen LogP contribution in [0.4, 0.5) is 0 Å². The van der Waals surface area contributed by atoms with Gasteiger partial charge < -0.3 is 9.63 Å². The van der Waals surface area contributed by atoms with Crippen LogP contribution in [0.25, 0.3) is 0 Å².